The molecule has 164 valence electrons. The molecule has 0 atom stereocenters. The molecule has 0 aromatic heterocycles. The van der Waals surface area contributed by atoms with Gasteiger partial charge in [0, 0.05) is 35.5 Å². The molecule has 0 saturated heterocycles. The van der Waals surface area contributed by atoms with E-state index < -0.39 is 35.2 Å². The van der Waals surface area contributed by atoms with Gasteiger partial charge in [-0.1, -0.05) is 0 Å². The third-order valence-corrected chi connectivity index (χ3v) is 4.39. The summed E-state index contributed by atoms with van der Waals surface area (Å²) in [5.41, 5.74) is 1.04. The summed E-state index contributed by atoms with van der Waals surface area (Å²) < 4.78 is 39.0. The fourth-order valence-electron chi connectivity index (χ4n) is 2.70. The zero-order valence-electron chi connectivity index (χ0n) is 16.6. The Labute approximate surface area is 181 Å². The Kier molecular flexibility index (Phi) is 7.22. The first-order chi connectivity index (χ1) is 15.3. The van der Waals surface area contributed by atoms with Crippen molar-refractivity contribution >= 4 is 23.4 Å². The van der Waals surface area contributed by atoms with E-state index in [1.807, 2.05) is 0 Å². The lowest BCUT2D eigenvalue weighted by atomic mass is 10.1. The number of halogens is 3. The highest BCUT2D eigenvalue weighted by Gasteiger charge is 2.11. The molecular weight excluding hydrogens is 423 g/mol. The number of nitrogens with one attached hydrogen (secondary N) is 3. The van der Waals surface area contributed by atoms with Crippen molar-refractivity contribution in [3.63, 3.8) is 0 Å². The van der Waals surface area contributed by atoms with Gasteiger partial charge >= 0.3 is 0 Å². The van der Waals surface area contributed by atoms with Gasteiger partial charge in [0.2, 0.25) is 0 Å². The number of amides is 3. The van der Waals surface area contributed by atoms with E-state index in [9.17, 15) is 27.6 Å². The minimum absolute atomic E-state index is 0.0338. The van der Waals surface area contributed by atoms with Crippen LogP contribution in [0.5, 0.6) is 0 Å². The summed E-state index contributed by atoms with van der Waals surface area (Å²) in [6.07, 6.45) is 0. The molecule has 6 nitrogen and oxygen atoms in total. The molecule has 0 aliphatic carbocycles. The highest BCUT2D eigenvalue weighted by Crippen LogP contribution is 2.12. The van der Waals surface area contributed by atoms with Crippen LogP contribution in [0.25, 0.3) is 0 Å². The van der Waals surface area contributed by atoms with Crippen LogP contribution in [0.1, 0.15) is 31.1 Å². The van der Waals surface area contributed by atoms with E-state index in [0.29, 0.717) is 16.8 Å². The molecule has 0 radical (unpaired) electrons. The lowest BCUT2D eigenvalue weighted by Gasteiger charge is -2.09. The van der Waals surface area contributed by atoms with Crippen LogP contribution in [0.15, 0.2) is 66.7 Å². The van der Waals surface area contributed by atoms with Crippen molar-refractivity contribution in [1.82, 2.24) is 10.6 Å². The van der Waals surface area contributed by atoms with Gasteiger partial charge in [-0.05, 0) is 66.7 Å². The van der Waals surface area contributed by atoms with Crippen molar-refractivity contribution in [2.75, 3.05) is 18.4 Å². The zero-order valence-corrected chi connectivity index (χ0v) is 16.6. The van der Waals surface area contributed by atoms with Crippen molar-refractivity contribution in [2.24, 2.45) is 0 Å². The van der Waals surface area contributed by atoms with E-state index in [1.165, 1.54) is 36.4 Å². The molecule has 0 aliphatic rings. The fourth-order valence-corrected chi connectivity index (χ4v) is 2.70. The van der Waals surface area contributed by atoms with E-state index in [-0.39, 0.29) is 18.7 Å². The monoisotopic (exact) mass is 441 g/mol. The van der Waals surface area contributed by atoms with E-state index in [4.69, 9.17) is 0 Å². The topological polar surface area (TPSA) is 87.3 Å². The summed E-state index contributed by atoms with van der Waals surface area (Å²) in [6, 6.07) is 14.0. The molecule has 0 bridgehead atoms. The van der Waals surface area contributed by atoms with Gasteiger partial charge < -0.3 is 16.0 Å². The average molecular weight is 441 g/mol. The zero-order chi connectivity index (χ0) is 23.1. The van der Waals surface area contributed by atoms with E-state index >= 15 is 0 Å². The SMILES string of the molecule is O=C(NCCNC(=O)c1ccc(F)c(F)c1)c1ccc(NC(=O)c2ccc(F)cc2)cc1. The molecule has 3 aromatic rings. The van der Waals surface area contributed by atoms with Gasteiger partial charge in [0.05, 0.1) is 0 Å². The molecule has 32 heavy (non-hydrogen) atoms. The van der Waals surface area contributed by atoms with Crippen LogP contribution >= 0.6 is 0 Å². The Morgan fingerprint density at radius 1 is 0.594 bits per heavy atom. The Hall–Kier alpha value is -4.14. The second-order valence-electron chi connectivity index (χ2n) is 6.68. The van der Waals surface area contributed by atoms with Crippen molar-refractivity contribution < 1.29 is 27.6 Å². The number of hydrogen-bond acceptors (Lipinski definition) is 3. The van der Waals surface area contributed by atoms with Gasteiger partial charge in [-0.3, -0.25) is 14.4 Å². The van der Waals surface area contributed by atoms with Gasteiger partial charge in [-0.15, -0.1) is 0 Å². The van der Waals surface area contributed by atoms with Gasteiger partial charge in [0.25, 0.3) is 17.7 Å². The molecule has 3 amide bonds. The number of hydrogen-bond donors (Lipinski definition) is 3. The quantitative estimate of drug-likeness (QED) is 0.491. The van der Waals surface area contributed by atoms with E-state index in [0.717, 1.165) is 18.2 Å². The summed E-state index contributed by atoms with van der Waals surface area (Å²) >= 11 is 0. The second kappa shape index (κ2) is 10.3. The molecule has 9 heteroatoms. The van der Waals surface area contributed by atoms with Crippen LogP contribution in [-0.4, -0.2) is 30.8 Å². The Morgan fingerprint density at radius 3 is 1.69 bits per heavy atom. The maximum Gasteiger partial charge on any atom is 0.255 e. The van der Waals surface area contributed by atoms with Crippen LogP contribution < -0.4 is 16.0 Å². The Bertz CT molecular complexity index is 1130. The maximum atomic E-state index is 13.2. The normalized spacial score (nSPS) is 10.3. The Balaban J connectivity index is 1.45. The van der Waals surface area contributed by atoms with Crippen molar-refractivity contribution in [3.8, 4) is 0 Å². The molecular formula is C23H18F3N3O3. The smallest absolute Gasteiger partial charge is 0.255 e. The number of rotatable bonds is 7. The molecule has 0 heterocycles. The first kappa shape index (κ1) is 22.5. The predicted molar refractivity (Wildman–Crippen MR) is 112 cm³/mol. The maximum absolute atomic E-state index is 13.2. The first-order valence-electron chi connectivity index (χ1n) is 9.52. The summed E-state index contributed by atoms with van der Waals surface area (Å²) in [5, 5.41) is 7.74. The molecule has 3 aromatic carbocycles. The minimum atomic E-state index is -1.12. The Morgan fingerprint density at radius 2 is 1.09 bits per heavy atom. The molecule has 0 aliphatic heterocycles. The first-order valence-corrected chi connectivity index (χ1v) is 9.52. The lowest BCUT2D eigenvalue weighted by Crippen LogP contribution is -2.34. The largest absolute Gasteiger partial charge is 0.350 e. The predicted octanol–water partition coefficient (Wildman–Crippen LogP) is 3.52. The highest BCUT2D eigenvalue weighted by molar-refractivity contribution is 6.04. The standard InChI is InChI=1S/C23H18F3N3O3/c24-17-6-1-15(2-7-17)23(32)29-18-8-3-14(4-9-18)21(30)27-11-12-28-22(31)16-5-10-19(25)20(26)13-16/h1-10,13H,11-12H2,(H,27,30)(H,28,31)(H,29,32). The van der Waals surface area contributed by atoms with Crippen molar-refractivity contribution in [3.05, 3.63) is 101 Å². The molecule has 0 unspecified atom stereocenters. The fraction of sp³-hybridized carbons (Fsp3) is 0.0870. The van der Waals surface area contributed by atoms with Gasteiger partial charge in [0.15, 0.2) is 11.6 Å². The molecule has 0 spiro atoms. The molecule has 3 rings (SSSR count). The number of carbonyl (C=O) groups excluding carboxylic acids is 3. The molecule has 3 N–H and O–H groups in total. The summed E-state index contributed by atoms with van der Waals surface area (Å²) in [4.78, 5) is 36.2. The number of anilines is 1. The third kappa shape index (κ3) is 5.94. The highest BCUT2D eigenvalue weighted by atomic mass is 19.2. The third-order valence-electron chi connectivity index (χ3n) is 4.39. The molecule has 0 saturated carbocycles. The lowest BCUT2D eigenvalue weighted by molar-refractivity contribution is 0.0927. The van der Waals surface area contributed by atoms with E-state index in [1.54, 1.807) is 12.1 Å². The van der Waals surface area contributed by atoms with Gasteiger partial charge in [-0.2, -0.15) is 0 Å². The summed E-state index contributed by atoms with van der Waals surface area (Å²) in [6.45, 7) is 0.187. The number of carbonyl (C=O) groups is 3. The van der Waals surface area contributed by atoms with E-state index in [2.05, 4.69) is 16.0 Å². The average Bonchev–Trinajstić information content (AvgIpc) is 2.79. The van der Waals surface area contributed by atoms with Crippen LogP contribution in [0, 0.1) is 17.5 Å². The van der Waals surface area contributed by atoms with Crippen LogP contribution in [-0.2, 0) is 0 Å². The van der Waals surface area contributed by atoms with Crippen molar-refractivity contribution in [1.29, 1.82) is 0 Å². The minimum Gasteiger partial charge on any atom is -0.350 e. The molecule has 0 fully saturated rings. The van der Waals surface area contributed by atoms with Crippen LogP contribution in [0.3, 0.4) is 0 Å². The van der Waals surface area contributed by atoms with Gasteiger partial charge in [0.1, 0.15) is 5.82 Å². The summed E-state index contributed by atoms with van der Waals surface area (Å²) in [5.74, 6) is -4.03. The van der Waals surface area contributed by atoms with Crippen LogP contribution in [0.2, 0.25) is 0 Å². The van der Waals surface area contributed by atoms with Crippen molar-refractivity contribution in [2.45, 2.75) is 0 Å². The summed E-state index contributed by atoms with van der Waals surface area (Å²) in [7, 11) is 0. The van der Waals surface area contributed by atoms with Crippen LogP contribution in [0.4, 0.5) is 18.9 Å². The number of benzene rings is 3. The second-order valence-corrected chi connectivity index (χ2v) is 6.68. The van der Waals surface area contributed by atoms with Gasteiger partial charge in [-0.25, -0.2) is 13.2 Å².